The molecule has 0 fully saturated rings. The van der Waals surface area contributed by atoms with Gasteiger partial charge in [-0.05, 0) is 36.8 Å². The van der Waals surface area contributed by atoms with Crippen LogP contribution in [-0.2, 0) is 0 Å². The minimum Gasteiger partial charge on any atom is -0.267 e. The van der Waals surface area contributed by atoms with Crippen LogP contribution in [0.4, 0.5) is 4.39 Å². The molecule has 1 aromatic heterocycles. The van der Waals surface area contributed by atoms with Crippen molar-refractivity contribution in [2.75, 3.05) is 0 Å². The fourth-order valence-corrected chi connectivity index (χ4v) is 1.67. The average Bonchev–Trinajstić information content (AvgIpc) is 2.48. The third-order valence-electron chi connectivity index (χ3n) is 2.61. The van der Waals surface area contributed by atoms with Gasteiger partial charge in [0, 0.05) is 18.0 Å². The van der Waals surface area contributed by atoms with Gasteiger partial charge in [0.2, 0.25) is 0 Å². The highest BCUT2D eigenvalue weighted by Crippen LogP contribution is 2.16. The molecular weight excluding hydrogens is 281 g/mol. The van der Waals surface area contributed by atoms with Crippen molar-refractivity contribution in [3.63, 3.8) is 0 Å². The summed E-state index contributed by atoms with van der Waals surface area (Å²) in [6, 6.07) is 7.40. The fourth-order valence-electron chi connectivity index (χ4n) is 1.49. The lowest BCUT2D eigenvalue weighted by molar-refractivity contribution is 0.0954. The predicted octanol–water partition coefficient (Wildman–Crippen LogP) is 3.03. The zero-order valence-corrected chi connectivity index (χ0v) is 11.4. The first-order valence-corrected chi connectivity index (χ1v) is 6.16. The maximum absolute atomic E-state index is 13.1. The largest absolute Gasteiger partial charge is 0.271 e. The zero-order valence-electron chi connectivity index (χ0n) is 10.6. The number of halogens is 2. The van der Waals surface area contributed by atoms with E-state index in [2.05, 4.69) is 15.5 Å². The van der Waals surface area contributed by atoms with Crippen LogP contribution in [0.5, 0.6) is 0 Å². The quantitative estimate of drug-likeness (QED) is 0.698. The molecule has 4 nitrogen and oxygen atoms in total. The molecule has 0 bridgehead atoms. The summed E-state index contributed by atoms with van der Waals surface area (Å²) in [6.45, 7) is 1.69. The molecule has 1 aromatic carbocycles. The van der Waals surface area contributed by atoms with Crippen molar-refractivity contribution < 1.29 is 9.18 Å². The standard InChI is InChI=1S/C14H11ClFN3O/c1-9(11-2-3-13(16)12(15)8-11)18-19-14(20)10-4-6-17-7-5-10/h2-8H,1H3,(H,19,20)/b18-9-. The molecule has 0 aliphatic rings. The van der Waals surface area contributed by atoms with Crippen molar-refractivity contribution in [2.24, 2.45) is 5.10 Å². The Bertz CT molecular complexity index is 659. The minimum atomic E-state index is -0.496. The molecule has 0 atom stereocenters. The molecule has 20 heavy (non-hydrogen) atoms. The molecule has 102 valence electrons. The SMILES string of the molecule is C/C(=N/NC(=O)c1ccncc1)c1ccc(F)c(Cl)c1. The Kier molecular flexibility index (Phi) is 4.42. The number of benzene rings is 1. The lowest BCUT2D eigenvalue weighted by Crippen LogP contribution is -2.19. The van der Waals surface area contributed by atoms with Crippen LogP contribution in [0.3, 0.4) is 0 Å². The number of carbonyl (C=O) groups is 1. The number of rotatable bonds is 3. The van der Waals surface area contributed by atoms with Crippen LogP contribution in [0.1, 0.15) is 22.8 Å². The van der Waals surface area contributed by atoms with E-state index in [9.17, 15) is 9.18 Å². The van der Waals surface area contributed by atoms with Crippen molar-refractivity contribution in [3.8, 4) is 0 Å². The number of hydrogen-bond acceptors (Lipinski definition) is 3. The number of nitrogens with one attached hydrogen (secondary N) is 1. The van der Waals surface area contributed by atoms with E-state index in [0.29, 0.717) is 16.8 Å². The van der Waals surface area contributed by atoms with Crippen LogP contribution in [0, 0.1) is 5.82 Å². The Morgan fingerprint density at radius 2 is 1.95 bits per heavy atom. The van der Waals surface area contributed by atoms with Gasteiger partial charge in [0.05, 0.1) is 10.7 Å². The van der Waals surface area contributed by atoms with Gasteiger partial charge < -0.3 is 0 Å². The van der Waals surface area contributed by atoms with E-state index < -0.39 is 5.82 Å². The highest BCUT2D eigenvalue weighted by atomic mass is 35.5. The van der Waals surface area contributed by atoms with E-state index in [-0.39, 0.29) is 10.9 Å². The molecule has 2 aromatic rings. The van der Waals surface area contributed by atoms with Crippen molar-refractivity contribution in [1.29, 1.82) is 0 Å². The van der Waals surface area contributed by atoms with Gasteiger partial charge in [0.25, 0.3) is 5.91 Å². The van der Waals surface area contributed by atoms with Gasteiger partial charge >= 0.3 is 0 Å². The van der Waals surface area contributed by atoms with Gasteiger partial charge in [-0.25, -0.2) is 9.82 Å². The molecule has 1 amide bonds. The average molecular weight is 292 g/mol. The summed E-state index contributed by atoms with van der Waals surface area (Å²) < 4.78 is 13.1. The summed E-state index contributed by atoms with van der Waals surface area (Å²) >= 11 is 5.69. The number of hydrazone groups is 1. The molecule has 0 aliphatic carbocycles. The Hall–Kier alpha value is -2.27. The van der Waals surface area contributed by atoms with Crippen molar-refractivity contribution in [2.45, 2.75) is 6.92 Å². The van der Waals surface area contributed by atoms with Gasteiger partial charge in [-0.3, -0.25) is 9.78 Å². The summed E-state index contributed by atoms with van der Waals surface area (Å²) in [5.74, 6) is -0.844. The zero-order chi connectivity index (χ0) is 14.5. The maximum atomic E-state index is 13.1. The number of carbonyl (C=O) groups excluding carboxylic acids is 1. The van der Waals surface area contributed by atoms with E-state index >= 15 is 0 Å². The molecule has 2 rings (SSSR count). The fraction of sp³-hybridized carbons (Fsp3) is 0.0714. The summed E-state index contributed by atoms with van der Waals surface area (Å²) in [4.78, 5) is 15.6. The molecular formula is C14H11ClFN3O. The molecule has 0 unspecified atom stereocenters. The number of nitrogens with zero attached hydrogens (tertiary/aromatic N) is 2. The first kappa shape index (κ1) is 14.1. The number of pyridine rings is 1. The van der Waals surface area contributed by atoms with Crippen LogP contribution in [0.2, 0.25) is 5.02 Å². The van der Waals surface area contributed by atoms with Crippen LogP contribution >= 0.6 is 11.6 Å². The number of aromatic nitrogens is 1. The normalized spacial score (nSPS) is 11.2. The highest BCUT2D eigenvalue weighted by molar-refractivity contribution is 6.31. The van der Waals surface area contributed by atoms with Crippen LogP contribution < -0.4 is 5.43 Å². The van der Waals surface area contributed by atoms with Crippen molar-refractivity contribution in [3.05, 3.63) is 64.7 Å². The molecule has 0 saturated carbocycles. The van der Waals surface area contributed by atoms with Crippen LogP contribution in [0.15, 0.2) is 47.8 Å². The van der Waals surface area contributed by atoms with E-state index in [1.165, 1.54) is 24.5 Å². The topological polar surface area (TPSA) is 54.4 Å². The van der Waals surface area contributed by atoms with Crippen LogP contribution in [0.25, 0.3) is 0 Å². The Morgan fingerprint density at radius 1 is 1.25 bits per heavy atom. The van der Waals surface area contributed by atoms with Gasteiger partial charge in [-0.1, -0.05) is 17.7 Å². The first-order chi connectivity index (χ1) is 9.58. The van der Waals surface area contributed by atoms with Crippen LogP contribution in [-0.4, -0.2) is 16.6 Å². The van der Waals surface area contributed by atoms with E-state index in [1.54, 1.807) is 25.1 Å². The second-order valence-electron chi connectivity index (χ2n) is 4.00. The molecule has 0 saturated heterocycles. The Morgan fingerprint density at radius 3 is 2.60 bits per heavy atom. The summed E-state index contributed by atoms with van der Waals surface area (Å²) in [6.07, 6.45) is 3.04. The second kappa shape index (κ2) is 6.25. The van der Waals surface area contributed by atoms with E-state index in [4.69, 9.17) is 11.6 Å². The van der Waals surface area contributed by atoms with E-state index in [0.717, 1.165) is 0 Å². The molecule has 0 aliphatic heterocycles. The van der Waals surface area contributed by atoms with E-state index in [1.807, 2.05) is 0 Å². The van der Waals surface area contributed by atoms with Crippen molar-refractivity contribution >= 4 is 23.2 Å². The lowest BCUT2D eigenvalue weighted by Gasteiger charge is -2.04. The first-order valence-electron chi connectivity index (χ1n) is 5.78. The molecule has 6 heteroatoms. The second-order valence-corrected chi connectivity index (χ2v) is 4.41. The van der Waals surface area contributed by atoms with Gasteiger partial charge in [-0.2, -0.15) is 5.10 Å². The summed E-state index contributed by atoms with van der Waals surface area (Å²) in [5, 5.41) is 3.97. The lowest BCUT2D eigenvalue weighted by atomic mass is 10.1. The monoisotopic (exact) mass is 291 g/mol. The molecule has 0 radical (unpaired) electrons. The maximum Gasteiger partial charge on any atom is 0.271 e. The number of amides is 1. The molecule has 1 N–H and O–H groups in total. The Labute approximate surface area is 120 Å². The highest BCUT2D eigenvalue weighted by Gasteiger charge is 2.06. The summed E-state index contributed by atoms with van der Waals surface area (Å²) in [5.41, 5.74) is 4.02. The predicted molar refractivity (Wildman–Crippen MR) is 75.3 cm³/mol. The third kappa shape index (κ3) is 3.39. The minimum absolute atomic E-state index is 0.0116. The third-order valence-corrected chi connectivity index (χ3v) is 2.89. The molecule has 0 spiro atoms. The smallest absolute Gasteiger partial charge is 0.267 e. The Balaban J connectivity index is 2.11. The van der Waals surface area contributed by atoms with Gasteiger partial charge in [0.1, 0.15) is 5.82 Å². The van der Waals surface area contributed by atoms with Gasteiger partial charge in [-0.15, -0.1) is 0 Å². The summed E-state index contributed by atoms with van der Waals surface area (Å²) in [7, 11) is 0. The molecule has 1 heterocycles. The number of hydrogen-bond donors (Lipinski definition) is 1. The van der Waals surface area contributed by atoms with Crippen molar-refractivity contribution in [1.82, 2.24) is 10.4 Å². The van der Waals surface area contributed by atoms with Gasteiger partial charge in [0.15, 0.2) is 0 Å².